The van der Waals surface area contributed by atoms with Crippen molar-refractivity contribution in [3.05, 3.63) is 69.8 Å². The van der Waals surface area contributed by atoms with Crippen LogP contribution < -0.4 is 5.32 Å². The van der Waals surface area contributed by atoms with Crippen LogP contribution in [0, 0.1) is 16.0 Å². The Bertz CT molecular complexity index is 1020. The number of ether oxygens (including phenoxy) is 2. The fraction of sp³-hybridized carbons (Fsp3) is 0.348. The van der Waals surface area contributed by atoms with Crippen LogP contribution in [0.5, 0.6) is 0 Å². The van der Waals surface area contributed by atoms with Gasteiger partial charge in [-0.05, 0) is 30.5 Å². The first-order valence-corrected chi connectivity index (χ1v) is 10.5. The number of esters is 2. The lowest BCUT2D eigenvalue weighted by Crippen LogP contribution is -2.42. The molecule has 1 heterocycles. The summed E-state index contributed by atoms with van der Waals surface area (Å²) >= 11 is 0. The molecule has 1 fully saturated rings. The Morgan fingerprint density at radius 1 is 1.12 bits per heavy atom. The van der Waals surface area contributed by atoms with E-state index in [-0.39, 0.29) is 34.7 Å². The monoisotopic (exact) mass is 455 g/mol. The maximum atomic E-state index is 12.4. The minimum Gasteiger partial charge on any atom is -0.469 e. The summed E-state index contributed by atoms with van der Waals surface area (Å²) in [5.41, 5.74) is 0.926. The number of amides is 1. The molecule has 3 rings (SSSR count). The predicted molar refractivity (Wildman–Crippen MR) is 118 cm³/mol. The van der Waals surface area contributed by atoms with E-state index in [0.29, 0.717) is 32.5 Å². The number of hydrogen-bond donors (Lipinski definition) is 1. The smallest absolute Gasteiger partial charge is 0.338 e. The summed E-state index contributed by atoms with van der Waals surface area (Å²) in [7, 11) is 1.33. The predicted octanol–water partition coefficient (Wildman–Crippen LogP) is 2.78. The van der Waals surface area contributed by atoms with Crippen molar-refractivity contribution in [2.75, 3.05) is 32.1 Å². The molecule has 0 unspecified atom stereocenters. The number of hydrogen-bond acceptors (Lipinski definition) is 8. The second kappa shape index (κ2) is 11.1. The number of piperidine rings is 1. The molecule has 0 saturated carbocycles. The van der Waals surface area contributed by atoms with Gasteiger partial charge in [-0.2, -0.15) is 0 Å². The van der Waals surface area contributed by atoms with Crippen LogP contribution >= 0.6 is 0 Å². The SMILES string of the molecule is COC(=O)C1CCN(C(=O)COC(=O)c2ccc(NCc3ccccc3)c([N+](=O)[O-])c2)CC1. The number of methoxy groups -OCH3 is 1. The summed E-state index contributed by atoms with van der Waals surface area (Å²) < 4.78 is 9.80. The minimum absolute atomic E-state index is 0.0239. The average molecular weight is 455 g/mol. The largest absolute Gasteiger partial charge is 0.469 e. The number of nitrogens with one attached hydrogen (secondary N) is 1. The number of rotatable bonds is 8. The fourth-order valence-electron chi connectivity index (χ4n) is 3.59. The highest BCUT2D eigenvalue weighted by Gasteiger charge is 2.28. The van der Waals surface area contributed by atoms with Crippen LogP contribution in [0.4, 0.5) is 11.4 Å². The van der Waals surface area contributed by atoms with E-state index >= 15 is 0 Å². The van der Waals surface area contributed by atoms with Crippen LogP contribution in [0.15, 0.2) is 48.5 Å². The summed E-state index contributed by atoms with van der Waals surface area (Å²) in [5, 5.41) is 14.5. The third-order valence-corrected chi connectivity index (χ3v) is 5.46. The number of benzene rings is 2. The quantitative estimate of drug-likeness (QED) is 0.366. The molecule has 10 heteroatoms. The Hall–Kier alpha value is -3.95. The Morgan fingerprint density at radius 3 is 2.45 bits per heavy atom. The van der Waals surface area contributed by atoms with E-state index in [4.69, 9.17) is 9.47 Å². The molecule has 1 saturated heterocycles. The molecule has 0 spiro atoms. The van der Waals surface area contributed by atoms with Crippen molar-refractivity contribution in [3.8, 4) is 0 Å². The van der Waals surface area contributed by atoms with Crippen LogP contribution in [0.1, 0.15) is 28.8 Å². The first-order valence-electron chi connectivity index (χ1n) is 10.5. The molecule has 1 amide bonds. The molecule has 2 aromatic rings. The van der Waals surface area contributed by atoms with Crippen molar-refractivity contribution in [3.63, 3.8) is 0 Å². The molecule has 1 N–H and O–H groups in total. The zero-order valence-electron chi connectivity index (χ0n) is 18.2. The summed E-state index contributed by atoms with van der Waals surface area (Å²) in [6.45, 7) is 0.628. The molecule has 0 radical (unpaired) electrons. The van der Waals surface area contributed by atoms with E-state index in [0.717, 1.165) is 11.6 Å². The molecule has 0 bridgehead atoms. The average Bonchev–Trinajstić information content (AvgIpc) is 2.85. The first-order chi connectivity index (χ1) is 15.9. The number of nitro benzene ring substituents is 1. The van der Waals surface area contributed by atoms with Crippen molar-refractivity contribution in [2.24, 2.45) is 5.92 Å². The molecule has 0 atom stereocenters. The second-order valence-corrected chi connectivity index (χ2v) is 7.58. The van der Waals surface area contributed by atoms with Gasteiger partial charge in [-0.3, -0.25) is 19.7 Å². The highest BCUT2D eigenvalue weighted by Crippen LogP contribution is 2.26. The normalized spacial score (nSPS) is 13.8. The third-order valence-electron chi connectivity index (χ3n) is 5.46. The van der Waals surface area contributed by atoms with Gasteiger partial charge in [-0.25, -0.2) is 4.79 Å². The summed E-state index contributed by atoms with van der Waals surface area (Å²) in [5.74, 6) is -1.75. The molecule has 0 aliphatic carbocycles. The molecule has 174 valence electrons. The maximum Gasteiger partial charge on any atom is 0.338 e. The van der Waals surface area contributed by atoms with Gasteiger partial charge < -0.3 is 19.7 Å². The van der Waals surface area contributed by atoms with E-state index in [1.165, 1.54) is 24.1 Å². The molecule has 0 aromatic heterocycles. The second-order valence-electron chi connectivity index (χ2n) is 7.58. The molecule has 2 aromatic carbocycles. The fourth-order valence-corrected chi connectivity index (χ4v) is 3.59. The van der Waals surface area contributed by atoms with E-state index in [1.807, 2.05) is 30.3 Å². The lowest BCUT2D eigenvalue weighted by molar-refractivity contribution is -0.384. The highest BCUT2D eigenvalue weighted by molar-refractivity contribution is 5.93. The van der Waals surface area contributed by atoms with Crippen molar-refractivity contribution in [1.82, 2.24) is 4.90 Å². The Kier molecular flexibility index (Phi) is 7.96. The lowest BCUT2D eigenvalue weighted by atomic mass is 9.97. The van der Waals surface area contributed by atoms with E-state index in [1.54, 1.807) is 0 Å². The third kappa shape index (κ3) is 6.28. The summed E-state index contributed by atoms with van der Waals surface area (Å²) in [6.07, 6.45) is 0.964. The van der Waals surface area contributed by atoms with Crippen LogP contribution in [-0.2, 0) is 25.6 Å². The van der Waals surface area contributed by atoms with Gasteiger partial charge in [-0.1, -0.05) is 30.3 Å². The highest BCUT2D eigenvalue weighted by atomic mass is 16.6. The Labute approximate surface area is 190 Å². The number of anilines is 1. The molecule has 1 aliphatic heterocycles. The van der Waals surface area contributed by atoms with Gasteiger partial charge in [0.2, 0.25) is 0 Å². The number of nitrogens with zero attached hydrogens (tertiary/aromatic N) is 2. The van der Waals surface area contributed by atoms with Crippen LogP contribution in [0.25, 0.3) is 0 Å². The van der Waals surface area contributed by atoms with Gasteiger partial charge in [0.25, 0.3) is 11.6 Å². The molecule has 33 heavy (non-hydrogen) atoms. The van der Waals surface area contributed by atoms with Crippen LogP contribution in [0.2, 0.25) is 0 Å². The van der Waals surface area contributed by atoms with E-state index in [9.17, 15) is 24.5 Å². The summed E-state index contributed by atoms with van der Waals surface area (Å²) in [6, 6.07) is 13.4. The standard InChI is InChI=1S/C23H25N3O7/c1-32-22(28)17-9-11-25(12-10-17)21(27)15-33-23(29)18-7-8-19(20(13-18)26(30)31)24-14-16-5-3-2-4-6-16/h2-8,13,17,24H,9-12,14-15H2,1H3. The molecular formula is C23H25N3O7. The van der Waals surface area contributed by atoms with E-state index < -0.39 is 17.5 Å². The van der Waals surface area contributed by atoms with Crippen molar-refractivity contribution in [1.29, 1.82) is 0 Å². The van der Waals surface area contributed by atoms with Crippen molar-refractivity contribution in [2.45, 2.75) is 19.4 Å². The van der Waals surface area contributed by atoms with Crippen molar-refractivity contribution >= 4 is 29.2 Å². The lowest BCUT2D eigenvalue weighted by Gasteiger charge is -2.30. The topological polar surface area (TPSA) is 128 Å². The molecule has 1 aliphatic rings. The van der Waals surface area contributed by atoms with Gasteiger partial charge in [-0.15, -0.1) is 0 Å². The number of nitro groups is 1. The first kappa shape index (κ1) is 23.7. The van der Waals surface area contributed by atoms with Crippen LogP contribution in [-0.4, -0.2) is 54.5 Å². The van der Waals surface area contributed by atoms with E-state index in [2.05, 4.69) is 5.32 Å². The van der Waals surface area contributed by atoms with Gasteiger partial charge in [0.1, 0.15) is 5.69 Å². The molecule has 10 nitrogen and oxygen atoms in total. The van der Waals surface area contributed by atoms with Gasteiger partial charge in [0.15, 0.2) is 6.61 Å². The van der Waals surface area contributed by atoms with Gasteiger partial charge >= 0.3 is 11.9 Å². The van der Waals surface area contributed by atoms with Crippen molar-refractivity contribution < 1.29 is 28.8 Å². The zero-order chi connectivity index (χ0) is 23.8. The molecular weight excluding hydrogens is 430 g/mol. The number of likely N-dealkylation sites (tertiary alicyclic amines) is 1. The summed E-state index contributed by atoms with van der Waals surface area (Å²) in [4.78, 5) is 48.7. The van der Waals surface area contributed by atoms with Gasteiger partial charge in [0.05, 0.1) is 23.5 Å². The number of carbonyl (C=O) groups is 3. The maximum absolute atomic E-state index is 12.4. The Balaban J connectivity index is 1.56. The van der Waals surface area contributed by atoms with Crippen LogP contribution in [0.3, 0.4) is 0 Å². The Morgan fingerprint density at radius 2 is 1.82 bits per heavy atom. The number of carbonyl (C=O) groups excluding carboxylic acids is 3. The minimum atomic E-state index is -0.828. The zero-order valence-corrected chi connectivity index (χ0v) is 18.2. The van der Waals surface area contributed by atoms with Gasteiger partial charge in [0, 0.05) is 25.7 Å².